The summed E-state index contributed by atoms with van der Waals surface area (Å²) in [6, 6.07) is 11.1. The van der Waals surface area contributed by atoms with E-state index in [4.69, 9.17) is 0 Å². The molecular weight excluding hydrogens is 286 g/mol. The molecule has 0 aromatic heterocycles. The lowest BCUT2D eigenvalue weighted by molar-refractivity contribution is 0.308. The molecule has 23 heavy (non-hydrogen) atoms. The molecule has 2 rings (SSSR count). The van der Waals surface area contributed by atoms with Crippen molar-refractivity contribution < 1.29 is 0 Å². The number of para-hydroxylation sites is 1. The van der Waals surface area contributed by atoms with Crippen molar-refractivity contribution in [2.45, 2.75) is 26.3 Å². The van der Waals surface area contributed by atoms with Crippen molar-refractivity contribution in [1.29, 1.82) is 0 Å². The SMILES string of the molecule is CCN(CC)CCNC(=NC)NC1CCN(c2ccccc2)C1. The Kier molecular flexibility index (Phi) is 7.20. The van der Waals surface area contributed by atoms with Gasteiger partial charge < -0.3 is 20.4 Å². The van der Waals surface area contributed by atoms with Crippen LogP contribution in [0.4, 0.5) is 5.69 Å². The standard InChI is InChI=1S/C18H31N5/c1-4-22(5-2)14-12-20-18(19-3)21-16-11-13-23(15-16)17-9-7-6-8-10-17/h6-10,16H,4-5,11-15H2,1-3H3,(H2,19,20,21). The van der Waals surface area contributed by atoms with E-state index in [2.05, 4.69) is 69.6 Å². The predicted molar refractivity (Wildman–Crippen MR) is 99.3 cm³/mol. The summed E-state index contributed by atoms with van der Waals surface area (Å²) >= 11 is 0. The van der Waals surface area contributed by atoms with Crippen LogP contribution in [0.5, 0.6) is 0 Å². The summed E-state index contributed by atoms with van der Waals surface area (Å²) in [6.07, 6.45) is 1.14. The zero-order valence-electron chi connectivity index (χ0n) is 14.8. The highest BCUT2D eigenvalue weighted by Gasteiger charge is 2.23. The van der Waals surface area contributed by atoms with Crippen molar-refractivity contribution in [1.82, 2.24) is 15.5 Å². The van der Waals surface area contributed by atoms with E-state index >= 15 is 0 Å². The summed E-state index contributed by atoms with van der Waals surface area (Å²) in [4.78, 5) is 9.20. The van der Waals surface area contributed by atoms with E-state index in [0.717, 1.165) is 51.6 Å². The smallest absolute Gasteiger partial charge is 0.191 e. The maximum atomic E-state index is 4.36. The molecule has 0 amide bonds. The van der Waals surface area contributed by atoms with Gasteiger partial charge in [0.25, 0.3) is 0 Å². The zero-order valence-corrected chi connectivity index (χ0v) is 14.8. The Morgan fingerprint density at radius 2 is 2.00 bits per heavy atom. The zero-order chi connectivity index (χ0) is 16.5. The Morgan fingerprint density at radius 3 is 2.65 bits per heavy atom. The van der Waals surface area contributed by atoms with Crippen molar-refractivity contribution in [3.8, 4) is 0 Å². The first-order valence-corrected chi connectivity index (χ1v) is 8.76. The number of guanidine groups is 1. The molecule has 1 fully saturated rings. The van der Waals surface area contributed by atoms with E-state index < -0.39 is 0 Å². The first kappa shape index (κ1) is 17.6. The Balaban J connectivity index is 1.75. The molecule has 1 heterocycles. The van der Waals surface area contributed by atoms with E-state index in [1.807, 2.05) is 7.05 Å². The molecule has 2 N–H and O–H groups in total. The van der Waals surface area contributed by atoms with E-state index in [0.29, 0.717) is 6.04 Å². The second-order valence-electron chi connectivity index (χ2n) is 5.94. The van der Waals surface area contributed by atoms with E-state index in [1.54, 1.807) is 0 Å². The van der Waals surface area contributed by atoms with Crippen molar-refractivity contribution in [2.75, 3.05) is 51.2 Å². The van der Waals surface area contributed by atoms with Crippen LogP contribution >= 0.6 is 0 Å². The number of benzene rings is 1. The highest BCUT2D eigenvalue weighted by Crippen LogP contribution is 2.19. The van der Waals surface area contributed by atoms with Crippen LogP contribution in [0, 0.1) is 0 Å². The van der Waals surface area contributed by atoms with E-state index in [9.17, 15) is 0 Å². The van der Waals surface area contributed by atoms with Crippen molar-refractivity contribution in [3.05, 3.63) is 30.3 Å². The number of aliphatic imine (C=N–C) groups is 1. The molecule has 1 saturated heterocycles. The average Bonchev–Trinajstić information content (AvgIpc) is 3.07. The molecule has 1 aromatic carbocycles. The summed E-state index contributed by atoms with van der Waals surface area (Å²) in [5.41, 5.74) is 1.31. The van der Waals surface area contributed by atoms with E-state index in [1.165, 1.54) is 5.69 Å². The quantitative estimate of drug-likeness (QED) is 0.594. The molecule has 1 aliphatic heterocycles. The molecule has 0 bridgehead atoms. The Bertz CT molecular complexity index is 470. The predicted octanol–water partition coefficient (Wildman–Crippen LogP) is 1.77. The van der Waals surface area contributed by atoms with Gasteiger partial charge in [0.1, 0.15) is 0 Å². The van der Waals surface area contributed by atoms with Gasteiger partial charge in [0.2, 0.25) is 0 Å². The first-order chi connectivity index (χ1) is 11.3. The van der Waals surface area contributed by atoms with Crippen LogP contribution in [0.2, 0.25) is 0 Å². The van der Waals surface area contributed by atoms with Gasteiger partial charge in [-0.25, -0.2) is 0 Å². The lowest BCUT2D eigenvalue weighted by Crippen LogP contribution is -2.46. The summed E-state index contributed by atoms with van der Waals surface area (Å²) in [6.45, 7) is 10.7. The third-order valence-electron chi connectivity index (χ3n) is 4.49. The summed E-state index contributed by atoms with van der Waals surface area (Å²) in [7, 11) is 1.84. The highest BCUT2D eigenvalue weighted by molar-refractivity contribution is 5.80. The van der Waals surface area contributed by atoms with Gasteiger partial charge in [0.15, 0.2) is 5.96 Å². The fourth-order valence-electron chi connectivity index (χ4n) is 3.01. The van der Waals surface area contributed by atoms with Crippen LogP contribution in [0.3, 0.4) is 0 Å². The van der Waals surface area contributed by atoms with Gasteiger partial charge in [0, 0.05) is 45.0 Å². The Hall–Kier alpha value is -1.75. The second-order valence-corrected chi connectivity index (χ2v) is 5.94. The summed E-state index contributed by atoms with van der Waals surface area (Å²) in [5, 5.41) is 6.98. The van der Waals surface area contributed by atoms with E-state index in [-0.39, 0.29) is 0 Å². The van der Waals surface area contributed by atoms with Gasteiger partial charge in [0.05, 0.1) is 0 Å². The van der Waals surface area contributed by atoms with Gasteiger partial charge in [-0.2, -0.15) is 0 Å². The molecule has 1 atom stereocenters. The second kappa shape index (κ2) is 9.40. The fourth-order valence-corrected chi connectivity index (χ4v) is 3.01. The van der Waals surface area contributed by atoms with Crippen molar-refractivity contribution in [3.63, 3.8) is 0 Å². The van der Waals surface area contributed by atoms with Crippen LogP contribution in [-0.4, -0.2) is 63.2 Å². The number of nitrogens with one attached hydrogen (secondary N) is 2. The van der Waals surface area contributed by atoms with Gasteiger partial charge in [-0.3, -0.25) is 4.99 Å². The molecule has 0 spiro atoms. The average molecular weight is 317 g/mol. The number of likely N-dealkylation sites (N-methyl/N-ethyl adjacent to an activating group) is 1. The number of hydrogen-bond acceptors (Lipinski definition) is 3. The lowest BCUT2D eigenvalue weighted by atomic mass is 10.3. The molecule has 0 saturated carbocycles. The van der Waals surface area contributed by atoms with Crippen LogP contribution in [0.15, 0.2) is 35.3 Å². The minimum absolute atomic E-state index is 0.454. The monoisotopic (exact) mass is 317 g/mol. The largest absolute Gasteiger partial charge is 0.369 e. The van der Waals surface area contributed by atoms with Crippen LogP contribution in [0.25, 0.3) is 0 Å². The van der Waals surface area contributed by atoms with Gasteiger partial charge in [-0.15, -0.1) is 0 Å². The fraction of sp³-hybridized carbons (Fsp3) is 0.611. The third kappa shape index (κ3) is 5.43. The molecule has 0 aliphatic carbocycles. The molecule has 1 aliphatic rings. The minimum atomic E-state index is 0.454. The third-order valence-corrected chi connectivity index (χ3v) is 4.49. The topological polar surface area (TPSA) is 42.9 Å². The first-order valence-electron chi connectivity index (χ1n) is 8.76. The molecule has 0 radical (unpaired) electrons. The molecule has 1 unspecified atom stereocenters. The number of hydrogen-bond donors (Lipinski definition) is 2. The number of rotatable bonds is 7. The highest BCUT2D eigenvalue weighted by atomic mass is 15.2. The number of anilines is 1. The summed E-state index contributed by atoms with van der Waals surface area (Å²) < 4.78 is 0. The minimum Gasteiger partial charge on any atom is -0.369 e. The Labute approximate surface area is 140 Å². The molecule has 5 nitrogen and oxygen atoms in total. The van der Waals surface area contributed by atoms with Crippen LogP contribution < -0.4 is 15.5 Å². The van der Waals surface area contributed by atoms with Gasteiger partial charge >= 0.3 is 0 Å². The Morgan fingerprint density at radius 1 is 1.26 bits per heavy atom. The van der Waals surface area contributed by atoms with Crippen LogP contribution in [-0.2, 0) is 0 Å². The molecular formula is C18H31N5. The normalized spacial score (nSPS) is 18.5. The maximum Gasteiger partial charge on any atom is 0.191 e. The maximum absolute atomic E-state index is 4.36. The van der Waals surface area contributed by atoms with Crippen molar-refractivity contribution in [2.24, 2.45) is 4.99 Å². The molecule has 5 heteroatoms. The molecule has 1 aromatic rings. The van der Waals surface area contributed by atoms with Crippen molar-refractivity contribution >= 4 is 11.6 Å². The molecule has 128 valence electrons. The summed E-state index contributed by atoms with van der Waals surface area (Å²) in [5.74, 6) is 0.914. The van der Waals surface area contributed by atoms with Crippen LogP contribution in [0.1, 0.15) is 20.3 Å². The van der Waals surface area contributed by atoms with Gasteiger partial charge in [-0.1, -0.05) is 32.0 Å². The van der Waals surface area contributed by atoms with Gasteiger partial charge in [-0.05, 0) is 31.6 Å². The lowest BCUT2D eigenvalue weighted by Gasteiger charge is -2.22. The number of nitrogens with zero attached hydrogens (tertiary/aromatic N) is 3.